The molecule has 0 saturated carbocycles. The first kappa shape index (κ1) is 18.6. The van der Waals surface area contributed by atoms with Crippen LogP contribution in [0.3, 0.4) is 0 Å². The third-order valence-corrected chi connectivity index (χ3v) is 4.56. The zero-order chi connectivity index (χ0) is 20.2. The number of hydrogen-bond donors (Lipinski definition) is 1. The lowest BCUT2D eigenvalue weighted by atomic mass is 10.1. The number of rotatable bonds is 4. The Morgan fingerprint density at radius 1 is 1.00 bits per heavy atom. The van der Waals surface area contributed by atoms with Crippen LogP contribution >= 0.6 is 0 Å². The zero-order valence-electron chi connectivity index (χ0n) is 15.5. The Labute approximate surface area is 167 Å². The molecule has 0 aromatic heterocycles. The average Bonchev–Trinajstić information content (AvgIpc) is 2.85. The molecule has 0 spiro atoms. The van der Waals surface area contributed by atoms with Gasteiger partial charge in [0, 0.05) is 5.69 Å². The molecule has 0 atom stereocenters. The van der Waals surface area contributed by atoms with E-state index in [1.54, 1.807) is 18.2 Å². The third-order valence-electron chi connectivity index (χ3n) is 4.56. The highest BCUT2D eigenvalue weighted by atomic mass is 19.1. The molecule has 0 saturated heterocycles. The number of aliphatic imine (C=N–C) groups is 1. The molecule has 0 aliphatic carbocycles. The molecule has 5 nitrogen and oxygen atoms in total. The van der Waals surface area contributed by atoms with Gasteiger partial charge in [-0.3, -0.25) is 14.6 Å². The number of nitrogens with zero attached hydrogens (tertiary/aromatic N) is 2. The predicted octanol–water partition coefficient (Wildman–Crippen LogP) is 4.32. The zero-order valence-corrected chi connectivity index (χ0v) is 15.5. The lowest BCUT2D eigenvalue weighted by molar-refractivity contribution is -0.120. The summed E-state index contributed by atoms with van der Waals surface area (Å²) in [5.74, 6) is -1.09. The summed E-state index contributed by atoms with van der Waals surface area (Å²) in [4.78, 5) is 31.7. The number of anilines is 2. The molecule has 29 heavy (non-hydrogen) atoms. The van der Waals surface area contributed by atoms with Crippen LogP contribution in [0.15, 0.2) is 83.9 Å². The first-order valence-corrected chi connectivity index (χ1v) is 9.18. The minimum absolute atomic E-state index is 0.0753. The second-order valence-electron chi connectivity index (χ2n) is 6.63. The number of carbonyl (C=O) groups is 2. The quantitative estimate of drug-likeness (QED) is 0.725. The van der Waals surface area contributed by atoms with Gasteiger partial charge in [0.1, 0.15) is 12.4 Å². The number of hydrogen-bond acceptors (Lipinski definition) is 3. The van der Waals surface area contributed by atoms with Crippen molar-refractivity contribution in [3.05, 3.63) is 90.2 Å². The first-order valence-electron chi connectivity index (χ1n) is 9.18. The summed E-state index contributed by atoms with van der Waals surface area (Å²) in [7, 11) is 0. The fourth-order valence-electron chi connectivity index (χ4n) is 3.23. The van der Waals surface area contributed by atoms with Gasteiger partial charge in [0.15, 0.2) is 0 Å². The highest BCUT2D eigenvalue weighted by Crippen LogP contribution is 2.32. The number of benzene rings is 3. The largest absolute Gasteiger partial charge is 0.324 e. The maximum atomic E-state index is 13.4. The Hall–Kier alpha value is -3.80. The topological polar surface area (TPSA) is 61.8 Å². The van der Waals surface area contributed by atoms with Gasteiger partial charge in [0.05, 0.1) is 23.5 Å². The Morgan fingerprint density at radius 3 is 2.55 bits per heavy atom. The standard InChI is InChI=1S/C23H18FN3O2/c24-17-9-6-10-18(13-17)25-22(28)15-27-21-12-5-4-11-19(21)26-20(14-23(27)29)16-7-2-1-3-8-16/h1-13H,14-15H2,(H,25,28). The number of amides is 2. The van der Waals surface area contributed by atoms with E-state index in [1.807, 2.05) is 42.5 Å². The van der Waals surface area contributed by atoms with Crippen LogP contribution in [-0.4, -0.2) is 24.1 Å². The second kappa shape index (κ2) is 8.06. The lowest BCUT2D eigenvalue weighted by Crippen LogP contribution is -2.38. The first-order chi connectivity index (χ1) is 14.1. The van der Waals surface area contributed by atoms with Gasteiger partial charge in [-0.05, 0) is 35.9 Å². The predicted molar refractivity (Wildman–Crippen MR) is 111 cm³/mol. The van der Waals surface area contributed by atoms with Crippen LogP contribution in [-0.2, 0) is 9.59 Å². The van der Waals surface area contributed by atoms with Crippen LogP contribution in [0.5, 0.6) is 0 Å². The number of para-hydroxylation sites is 2. The highest BCUT2D eigenvalue weighted by Gasteiger charge is 2.26. The molecular formula is C23H18FN3O2. The van der Waals surface area contributed by atoms with Crippen LogP contribution in [0, 0.1) is 5.82 Å². The van der Waals surface area contributed by atoms with Gasteiger partial charge in [0.2, 0.25) is 11.8 Å². The van der Waals surface area contributed by atoms with Gasteiger partial charge in [-0.25, -0.2) is 4.39 Å². The number of halogens is 1. The Bertz CT molecular complexity index is 1100. The van der Waals surface area contributed by atoms with Crippen LogP contribution in [0.1, 0.15) is 12.0 Å². The van der Waals surface area contributed by atoms with Gasteiger partial charge in [-0.2, -0.15) is 0 Å². The maximum Gasteiger partial charge on any atom is 0.244 e. The van der Waals surface area contributed by atoms with Crippen molar-refractivity contribution in [3.63, 3.8) is 0 Å². The van der Waals surface area contributed by atoms with Crippen molar-refractivity contribution in [2.75, 3.05) is 16.8 Å². The molecule has 4 rings (SSSR count). The fraction of sp³-hybridized carbons (Fsp3) is 0.0870. The SMILES string of the molecule is O=C(CN1C(=O)CC(c2ccccc2)=Nc2ccccc21)Nc1cccc(F)c1. The smallest absolute Gasteiger partial charge is 0.244 e. The molecule has 0 radical (unpaired) electrons. The monoisotopic (exact) mass is 387 g/mol. The minimum atomic E-state index is -0.445. The summed E-state index contributed by atoms with van der Waals surface area (Å²) >= 11 is 0. The van der Waals surface area contributed by atoms with E-state index in [4.69, 9.17) is 0 Å². The maximum absolute atomic E-state index is 13.4. The van der Waals surface area contributed by atoms with Crippen LogP contribution in [0.25, 0.3) is 0 Å². The van der Waals surface area contributed by atoms with E-state index in [9.17, 15) is 14.0 Å². The molecule has 0 unspecified atom stereocenters. The fourth-order valence-corrected chi connectivity index (χ4v) is 3.23. The van der Waals surface area contributed by atoms with E-state index in [-0.39, 0.29) is 18.9 Å². The van der Waals surface area contributed by atoms with Crippen LogP contribution in [0.4, 0.5) is 21.5 Å². The summed E-state index contributed by atoms with van der Waals surface area (Å²) in [6.45, 7) is -0.191. The number of carbonyl (C=O) groups excluding carboxylic acids is 2. The Morgan fingerprint density at radius 2 is 1.76 bits per heavy atom. The molecule has 1 heterocycles. The molecule has 1 aliphatic rings. The third kappa shape index (κ3) is 4.21. The summed E-state index contributed by atoms with van der Waals surface area (Å²) in [5, 5.41) is 2.63. The molecule has 1 N–H and O–H groups in total. The molecule has 0 bridgehead atoms. The average molecular weight is 387 g/mol. The second-order valence-corrected chi connectivity index (χ2v) is 6.63. The van der Waals surface area contributed by atoms with Crippen molar-refractivity contribution in [1.82, 2.24) is 0 Å². The molecular weight excluding hydrogens is 369 g/mol. The number of nitrogens with one attached hydrogen (secondary N) is 1. The van der Waals surface area contributed by atoms with Gasteiger partial charge >= 0.3 is 0 Å². The van der Waals surface area contributed by atoms with Gasteiger partial charge in [-0.1, -0.05) is 48.5 Å². The van der Waals surface area contributed by atoms with Crippen molar-refractivity contribution >= 4 is 34.6 Å². The van der Waals surface area contributed by atoms with E-state index in [0.717, 1.165) is 5.56 Å². The molecule has 6 heteroatoms. The summed E-state index contributed by atoms with van der Waals surface area (Å²) in [6, 6.07) is 22.3. The molecule has 0 fully saturated rings. The van der Waals surface area contributed by atoms with Crippen molar-refractivity contribution < 1.29 is 14.0 Å². The van der Waals surface area contributed by atoms with E-state index >= 15 is 0 Å². The molecule has 2 amide bonds. The lowest BCUT2D eigenvalue weighted by Gasteiger charge is -2.22. The van der Waals surface area contributed by atoms with Gasteiger partial charge in [-0.15, -0.1) is 0 Å². The molecule has 3 aromatic rings. The highest BCUT2D eigenvalue weighted by molar-refractivity contribution is 6.18. The summed E-state index contributed by atoms with van der Waals surface area (Å²) in [6.07, 6.45) is 0.0753. The normalized spacial score (nSPS) is 13.3. The van der Waals surface area contributed by atoms with Crippen LogP contribution < -0.4 is 10.2 Å². The van der Waals surface area contributed by atoms with Crippen molar-refractivity contribution in [1.29, 1.82) is 0 Å². The minimum Gasteiger partial charge on any atom is -0.324 e. The summed E-state index contributed by atoms with van der Waals surface area (Å²) < 4.78 is 13.4. The van der Waals surface area contributed by atoms with Crippen molar-refractivity contribution in [2.24, 2.45) is 4.99 Å². The van der Waals surface area contributed by atoms with E-state index in [1.165, 1.54) is 23.1 Å². The molecule has 3 aromatic carbocycles. The van der Waals surface area contributed by atoms with Crippen molar-refractivity contribution in [2.45, 2.75) is 6.42 Å². The Balaban J connectivity index is 1.61. The molecule has 144 valence electrons. The van der Waals surface area contributed by atoms with Gasteiger partial charge < -0.3 is 10.2 Å². The number of fused-ring (bicyclic) bond motifs is 1. The van der Waals surface area contributed by atoms with Crippen molar-refractivity contribution in [3.8, 4) is 0 Å². The molecule has 1 aliphatic heterocycles. The van der Waals surface area contributed by atoms with Crippen LogP contribution in [0.2, 0.25) is 0 Å². The van der Waals surface area contributed by atoms with E-state index in [2.05, 4.69) is 10.3 Å². The summed E-state index contributed by atoms with van der Waals surface area (Å²) in [5.41, 5.74) is 3.04. The van der Waals surface area contributed by atoms with Gasteiger partial charge in [0.25, 0.3) is 0 Å². The van der Waals surface area contributed by atoms with E-state index in [0.29, 0.717) is 22.8 Å². The van der Waals surface area contributed by atoms with E-state index < -0.39 is 11.7 Å². The Kier molecular flexibility index (Phi) is 5.16.